The fourth-order valence-electron chi connectivity index (χ4n) is 3.97. The summed E-state index contributed by atoms with van der Waals surface area (Å²) in [5, 5.41) is 15.8. The molecule has 1 fully saturated rings. The largest absolute Gasteiger partial charge is 0.458 e. The van der Waals surface area contributed by atoms with Gasteiger partial charge in [-0.1, -0.05) is 43.7 Å². The van der Waals surface area contributed by atoms with E-state index in [0.717, 1.165) is 31.2 Å². The number of hydrogen-bond acceptors (Lipinski definition) is 8. The smallest absolute Gasteiger partial charge is 0.311 e. The lowest BCUT2D eigenvalue weighted by Gasteiger charge is -2.27. The standard InChI is InChI=1S/C25H30N4O5/c1-3-9-24(34-23-12-7-8-13-32-23)33-22-15-20-19(14-21(22)29(30)31)25(27-16-26-20)28-17(2)18-10-5-4-6-11-18/h4-6,10-11,14-17,23-24H,3,7-9,12-13H2,1-2H3,(H,26,27,28). The maximum absolute atomic E-state index is 11.9. The van der Waals surface area contributed by atoms with Crippen LogP contribution >= 0.6 is 0 Å². The predicted molar refractivity (Wildman–Crippen MR) is 129 cm³/mol. The van der Waals surface area contributed by atoms with Crippen LogP contribution in [0.4, 0.5) is 11.5 Å². The van der Waals surface area contributed by atoms with Gasteiger partial charge in [-0.25, -0.2) is 9.97 Å². The zero-order valence-electron chi connectivity index (χ0n) is 19.5. The number of rotatable bonds is 10. The number of benzene rings is 2. The number of nitrogens with one attached hydrogen (secondary N) is 1. The van der Waals surface area contributed by atoms with Gasteiger partial charge in [-0.2, -0.15) is 0 Å². The van der Waals surface area contributed by atoms with Crippen LogP contribution in [0.5, 0.6) is 5.75 Å². The summed E-state index contributed by atoms with van der Waals surface area (Å²) in [6.45, 7) is 4.66. The molecule has 9 nitrogen and oxygen atoms in total. The van der Waals surface area contributed by atoms with Gasteiger partial charge in [-0.05, 0) is 31.7 Å². The number of fused-ring (bicyclic) bond motifs is 1. The third-order valence-electron chi connectivity index (χ3n) is 5.79. The molecule has 180 valence electrons. The van der Waals surface area contributed by atoms with Crippen molar-refractivity contribution < 1.29 is 19.1 Å². The van der Waals surface area contributed by atoms with Gasteiger partial charge in [-0.15, -0.1) is 0 Å². The van der Waals surface area contributed by atoms with Gasteiger partial charge in [0.05, 0.1) is 10.4 Å². The van der Waals surface area contributed by atoms with Crippen LogP contribution in [0.2, 0.25) is 0 Å². The van der Waals surface area contributed by atoms with Crippen molar-refractivity contribution in [2.24, 2.45) is 0 Å². The van der Waals surface area contributed by atoms with Crippen LogP contribution in [0.1, 0.15) is 57.6 Å². The molecule has 0 radical (unpaired) electrons. The summed E-state index contributed by atoms with van der Waals surface area (Å²) in [5.41, 5.74) is 1.46. The first kappa shape index (κ1) is 23.8. The molecular weight excluding hydrogens is 436 g/mol. The van der Waals surface area contributed by atoms with Gasteiger partial charge in [0, 0.05) is 36.6 Å². The first-order valence-corrected chi connectivity index (χ1v) is 11.7. The summed E-state index contributed by atoms with van der Waals surface area (Å²) in [6.07, 6.45) is 4.62. The van der Waals surface area contributed by atoms with Crippen molar-refractivity contribution in [3.63, 3.8) is 0 Å². The van der Waals surface area contributed by atoms with Crippen LogP contribution in [0.25, 0.3) is 10.9 Å². The van der Waals surface area contributed by atoms with E-state index in [9.17, 15) is 10.1 Å². The van der Waals surface area contributed by atoms with Crippen molar-refractivity contribution in [2.45, 2.75) is 64.6 Å². The van der Waals surface area contributed by atoms with Crippen LogP contribution in [-0.4, -0.2) is 34.1 Å². The molecule has 1 saturated heterocycles. The minimum atomic E-state index is -0.651. The molecule has 9 heteroatoms. The van der Waals surface area contributed by atoms with Crippen molar-refractivity contribution in [1.82, 2.24) is 9.97 Å². The van der Waals surface area contributed by atoms with Crippen LogP contribution in [0.15, 0.2) is 48.8 Å². The summed E-state index contributed by atoms with van der Waals surface area (Å²) < 4.78 is 17.7. The Morgan fingerprint density at radius 3 is 2.76 bits per heavy atom. The van der Waals surface area contributed by atoms with Gasteiger partial charge >= 0.3 is 5.69 Å². The second-order valence-electron chi connectivity index (χ2n) is 8.36. The van der Waals surface area contributed by atoms with Gasteiger partial charge in [0.1, 0.15) is 12.1 Å². The fraction of sp³-hybridized carbons (Fsp3) is 0.440. The van der Waals surface area contributed by atoms with Crippen LogP contribution in [0.3, 0.4) is 0 Å². The molecule has 0 saturated carbocycles. The van der Waals surface area contributed by atoms with E-state index < -0.39 is 11.2 Å². The highest BCUT2D eigenvalue weighted by Gasteiger charge is 2.25. The zero-order chi connectivity index (χ0) is 23.9. The van der Waals surface area contributed by atoms with Crippen molar-refractivity contribution in [1.29, 1.82) is 0 Å². The second-order valence-corrected chi connectivity index (χ2v) is 8.36. The minimum Gasteiger partial charge on any atom is -0.458 e. The molecule has 0 aliphatic carbocycles. The van der Waals surface area contributed by atoms with Gasteiger partial charge in [0.15, 0.2) is 6.29 Å². The Morgan fingerprint density at radius 2 is 2.06 bits per heavy atom. The minimum absolute atomic E-state index is 0.0490. The Bertz CT molecular complexity index is 1110. The molecule has 0 spiro atoms. The number of ether oxygens (including phenoxy) is 3. The Labute approximate surface area is 198 Å². The number of hydrogen-bond donors (Lipinski definition) is 1. The topological polar surface area (TPSA) is 109 Å². The average Bonchev–Trinajstić information content (AvgIpc) is 2.85. The maximum Gasteiger partial charge on any atom is 0.311 e. The average molecular weight is 467 g/mol. The second kappa shape index (κ2) is 11.2. The molecule has 0 amide bonds. The lowest BCUT2D eigenvalue weighted by molar-refractivity contribution is -0.386. The molecule has 1 aliphatic heterocycles. The highest BCUT2D eigenvalue weighted by Crippen LogP contribution is 2.36. The molecule has 3 unspecified atom stereocenters. The Hall–Kier alpha value is -3.30. The first-order valence-electron chi connectivity index (χ1n) is 11.7. The monoisotopic (exact) mass is 466 g/mol. The number of nitrogens with zero attached hydrogens (tertiary/aromatic N) is 3. The zero-order valence-corrected chi connectivity index (χ0v) is 19.5. The molecule has 2 aromatic carbocycles. The summed E-state index contributed by atoms with van der Waals surface area (Å²) in [4.78, 5) is 20.2. The third-order valence-corrected chi connectivity index (χ3v) is 5.79. The lowest BCUT2D eigenvalue weighted by Crippen LogP contribution is -2.31. The maximum atomic E-state index is 11.9. The molecular formula is C25H30N4O5. The van der Waals surface area contributed by atoms with Crippen molar-refractivity contribution >= 4 is 22.4 Å². The Morgan fingerprint density at radius 1 is 1.24 bits per heavy atom. The van der Waals surface area contributed by atoms with Gasteiger partial charge in [0.25, 0.3) is 0 Å². The normalized spacial score (nSPS) is 17.8. The van der Waals surface area contributed by atoms with E-state index >= 15 is 0 Å². The number of nitro benzene ring substituents is 1. The number of nitro groups is 1. The molecule has 1 N–H and O–H groups in total. The van der Waals surface area contributed by atoms with E-state index in [0.29, 0.717) is 29.7 Å². The highest BCUT2D eigenvalue weighted by atomic mass is 16.8. The van der Waals surface area contributed by atoms with E-state index in [1.165, 1.54) is 12.4 Å². The molecule has 1 aliphatic rings. The first-order chi connectivity index (χ1) is 16.5. The molecule has 2 heterocycles. The highest BCUT2D eigenvalue weighted by molar-refractivity contribution is 5.92. The molecule has 1 aromatic heterocycles. The van der Waals surface area contributed by atoms with Crippen molar-refractivity contribution in [3.05, 3.63) is 64.5 Å². The molecule has 34 heavy (non-hydrogen) atoms. The summed E-state index contributed by atoms with van der Waals surface area (Å²) in [6, 6.07) is 12.9. The summed E-state index contributed by atoms with van der Waals surface area (Å²) in [5.74, 6) is 0.639. The van der Waals surface area contributed by atoms with E-state index in [2.05, 4.69) is 15.3 Å². The van der Waals surface area contributed by atoms with Crippen LogP contribution < -0.4 is 10.1 Å². The van der Waals surface area contributed by atoms with E-state index in [1.54, 1.807) is 6.07 Å². The Balaban J connectivity index is 1.62. The summed E-state index contributed by atoms with van der Waals surface area (Å²) >= 11 is 0. The lowest BCUT2D eigenvalue weighted by atomic mass is 10.1. The van der Waals surface area contributed by atoms with Gasteiger partial charge in [-0.3, -0.25) is 10.1 Å². The molecule has 4 rings (SSSR count). The quantitative estimate of drug-likeness (QED) is 0.228. The van der Waals surface area contributed by atoms with Crippen molar-refractivity contribution in [2.75, 3.05) is 11.9 Å². The number of aromatic nitrogens is 2. The SMILES string of the molecule is CCCC(Oc1cc2ncnc(NC(C)c3ccccc3)c2cc1[N+](=O)[O-])OC1CCCCO1. The summed E-state index contributed by atoms with van der Waals surface area (Å²) in [7, 11) is 0. The predicted octanol–water partition coefficient (Wildman–Crippen LogP) is 5.76. The van der Waals surface area contributed by atoms with Gasteiger partial charge < -0.3 is 19.5 Å². The molecule has 3 aromatic rings. The fourth-order valence-corrected chi connectivity index (χ4v) is 3.97. The Kier molecular flexibility index (Phi) is 7.87. The van der Waals surface area contributed by atoms with E-state index in [1.807, 2.05) is 44.2 Å². The van der Waals surface area contributed by atoms with Crippen molar-refractivity contribution in [3.8, 4) is 5.75 Å². The number of anilines is 1. The molecule has 0 bridgehead atoms. The van der Waals surface area contributed by atoms with E-state index in [-0.39, 0.29) is 23.8 Å². The third kappa shape index (κ3) is 5.78. The van der Waals surface area contributed by atoms with Gasteiger partial charge in [0.2, 0.25) is 12.0 Å². The van der Waals surface area contributed by atoms with E-state index in [4.69, 9.17) is 14.2 Å². The van der Waals surface area contributed by atoms with Crippen LogP contribution in [-0.2, 0) is 9.47 Å². The van der Waals surface area contributed by atoms with Crippen LogP contribution in [0, 0.1) is 10.1 Å². The molecule has 3 atom stereocenters.